The van der Waals surface area contributed by atoms with Gasteiger partial charge < -0.3 is 14.6 Å². The van der Waals surface area contributed by atoms with Crippen molar-refractivity contribution in [2.24, 2.45) is 0 Å². The smallest absolute Gasteiger partial charge is 0.399 e. The number of rotatable bonds is 3. The fourth-order valence-corrected chi connectivity index (χ4v) is 2.43. The minimum Gasteiger partial charge on any atom is -0.399 e. The summed E-state index contributed by atoms with van der Waals surface area (Å²) in [6.45, 7) is 9.88. The maximum Gasteiger partial charge on any atom is 0.495 e. The molecule has 2 aromatic rings. The summed E-state index contributed by atoms with van der Waals surface area (Å²) in [4.78, 5) is 20.6. The van der Waals surface area contributed by atoms with Crippen molar-refractivity contribution in [3.8, 4) is 0 Å². The van der Waals surface area contributed by atoms with E-state index in [4.69, 9.17) is 9.31 Å². The van der Waals surface area contributed by atoms with Gasteiger partial charge in [0.05, 0.1) is 16.8 Å². The molecule has 0 bridgehead atoms. The highest BCUT2D eigenvalue weighted by atomic mass is 16.7. The molecule has 0 atom stereocenters. The molecule has 7 heteroatoms. The van der Waals surface area contributed by atoms with E-state index in [9.17, 15) is 4.79 Å². The maximum absolute atomic E-state index is 12.3. The summed E-state index contributed by atoms with van der Waals surface area (Å²) in [5.74, 6) is 0.184. The highest BCUT2D eigenvalue weighted by Crippen LogP contribution is 2.36. The second kappa shape index (κ2) is 6.24. The van der Waals surface area contributed by atoms with Gasteiger partial charge in [0.1, 0.15) is 5.82 Å². The second-order valence-corrected chi connectivity index (χ2v) is 7.21. The number of aryl methyl sites for hydroxylation is 1. The lowest BCUT2D eigenvalue weighted by molar-refractivity contribution is 0.00578. The number of carbonyl (C=O) groups is 1. The summed E-state index contributed by atoms with van der Waals surface area (Å²) in [6, 6.07) is 7.12. The molecule has 1 saturated heterocycles. The van der Waals surface area contributed by atoms with Gasteiger partial charge in [-0.3, -0.25) is 9.78 Å². The molecule has 1 N–H and O–H groups in total. The van der Waals surface area contributed by atoms with Gasteiger partial charge in [0.2, 0.25) is 0 Å². The van der Waals surface area contributed by atoms with Crippen molar-refractivity contribution in [3.05, 3.63) is 47.9 Å². The summed E-state index contributed by atoms with van der Waals surface area (Å²) in [5, 5.41) is 2.78. The van der Waals surface area contributed by atoms with Gasteiger partial charge in [-0.1, -0.05) is 0 Å². The molecule has 1 amide bonds. The first-order valence-corrected chi connectivity index (χ1v) is 8.23. The van der Waals surface area contributed by atoms with Gasteiger partial charge in [0.15, 0.2) is 0 Å². The summed E-state index contributed by atoms with van der Waals surface area (Å²) in [6.07, 6.45) is 3.17. The van der Waals surface area contributed by atoms with Crippen LogP contribution in [-0.4, -0.2) is 34.2 Å². The molecular weight excluding hydrogens is 317 g/mol. The van der Waals surface area contributed by atoms with E-state index < -0.39 is 18.3 Å². The summed E-state index contributed by atoms with van der Waals surface area (Å²) < 4.78 is 12.1. The maximum atomic E-state index is 12.3. The molecule has 1 aliphatic heterocycles. The minimum absolute atomic E-state index is 0.258. The Morgan fingerprint density at radius 2 is 1.76 bits per heavy atom. The van der Waals surface area contributed by atoms with Crippen molar-refractivity contribution in [1.29, 1.82) is 0 Å². The van der Waals surface area contributed by atoms with Crippen molar-refractivity contribution < 1.29 is 14.1 Å². The molecular formula is C18H22BN3O3. The standard InChI is InChI=1S/C18H22BN3O3/c1-12-6-7-13(11-21-12)16(23)22-15-10-14(8-9-20-15)19-24-17(2,3)18(4,5)25-19/h6-11H,1-5H3,(H,20,22,23). The number of nitrogens with one attached hydrogen (secondary N) is 1. The lowest BCUT2D eigenvalue weighted by Crippen LogP contribution is -2.41. The van der Waals surface area contributed by atoms with Crippen LogP contribution in [0.3, 0.4) is 0 Å². The second-order valence-electron chi connectivity index (χ2n) is 7.21. The Labute approximate surface area is 148 Å². The van der Waals surface area contributed by atoms with E-state index in [1.807, 2.05) is 40.7 Å². The first-order valence-electron chi connectivity index (χ1n) is 8.23. The molecule has 1 fully saturated rings. The van der Waals surface area contributed by atoms with Crippen LogP contribution >= 0.6 is 0 Å². The normalized spacial score (nSPS) is 18.2. The van der Waals surface area contributed by atoms with Crippen LogP contribution in [0.5, 0.6) is 0 Å². The third-order valence-electron chi connectivity index (χ3n) is 4.72. The van der Waals surface area contributed by atoms with Crippen molar-refractivity contribution in [1.82, 2.24) is 9.97 Å². The molecule has 0 saturated carbocycles. The van der Waals surface area contributed by atoms with E-state index in [1.165, 1.54) is 0 Å². The van der Waals surface area contributed by atoms with Gasteiger partial charge in [0, 0.05) is 18.1 Å². The number of pyridine rings is 2. The fraction of sp³-hybridized carbons (Fsp3) is 0.389. The third-order valence-corrected chi connectivity index (χ3v) is 4.72. The molecule has 0 aromatic carbocycles. The molecule has 3 heterocycles. The van der Waals surface area contributed by atoms with Crippen LogP contribution in [0, 0.1) is 6.92 Å². The number of nitrogens with zero attached hydrogens (tertiary/aromatic N) is 2. The zero-order chi connectivity index (χ0) is 18.2. The highest BCUT2D eigenvalue weighted by molar-refractivity contribution is 6.62. The van der Waals surface area contributed by atoms with E-state index in [0.717, 1.165) is 11.2 Å². The summed E-state index contributed by atoms with van der Waals surface area (Å²) >= 11 is 0. The average Bonchev–Trinajstić information content (AvgIpc) is 2.76. The van der Waals surface area contributed by atoms with E-state index in [0.29, 0.717) is 11.4 Å². The third kappa shape index (κ3) is 3.57. The van der Waals surface area contributed by atoms with Gasteiger partial charge in [-0.05, 0) is 64.3 Å². The van der Waals surface area contributed by atoms with Crippen LogP contribution in [0.1, 0.15) is 43.7 Å². The SMILES string of the molecule is Cc1ccc(C(=O)Nc2cc(B3OC(C)(C)C(C)(C)O3)ccn2)cn1. The summed E-state index contributed by atoms with van der Waals surface area (Å²) in [5.41, 5.74) is 1.31. The van der Waals surface area contributed by atoms with Gasteiger partial charge in [-0.25, -0.2) is 4.98 Å². The van der Waals surface area contributed by atoms with Crippen LogP contribution in [0.2, 0.25) is 0 Å². The van der Waals surface area contributed by atoms with E-state index in [2.05, 4.69) is 15.3 Å². The average molecular weight is 339 g/mol. The first-order chi connectivity index (χ1) is 11.7. The van der Waals surface area contributed by atoms with Crippen molar-refractivity contribution in [3.63, 3.8) is 0 Å². The molecule has 0 radical (unpaired) electrons. The molecule has 0 aliphatic carbocycles. The Balaban J connectivity index is 1.76. The Bertz CT molecular complexity index is 774. The van der Waals surface area contributed by atoms with E-state index in [1.54, 1.807) is 30.6 Å². The highest BCUT2D eigenvalue weighted by Gasteiger charge is 2.51. The Morgan fingerprint density at radius 1 is 1.08 bits per heavy atom. The number of amides is 1. The molecule has 2 aromatic heterocycles. The topological polar surface area (TPSA) is 73.3 Å². The van der Waals surface area contributed by atoms with E-state index in [-0.39, 0.29) is 5.91 Å². The largest absolute Gasteiger partial charge is 0.495 e. The number of hydrogen-bond donors (Lipinski definition) is 1. The molecule has 0 spiro atoms. The minimum atomic E-state index is -0.496. The van der Waals surface area contributed by atoms with Crippen LogP contribution in [0.25, 0.3) is 0 Å². The summed E-state index contributed by atoms with van der Waals surface area (Å²) in [7, 11) is -0.496. The van der Waals surface area contributed by atoms with Gasteiger partial charge in [-0.2, -0.15) is 0 Å². The predicted molar refractivity (Wildman–Crippen MR) is 96.9 cm³/mol. The van der Waals surface area contributed by atoms with Gasteiger partial charge in [0.25, 0.3) is 5.91 Å². The quantitative estimate of drug-likeness (QED) is 0.869. The van der Waals surface area contributed by atoms with Crippen molar-refractivity contribution >= 4 is 24.3 Å². The monoisotopic (exact) mass is 339 g/mol. The van der Waals surface area contributed by atoms with Crippen LogP contribution in [0.15, 0.2) is 36.7 Å². The molecule has 3 rings (SSSR count). The first kappa shape index (κ1) is 17.6. The lowest BCUT2D eigenvalue weighted by Gasteiger charge is -2.32. The predicted octanol–water partition coefficient (Wildman–Crippen LogP) is 2.34. The van der Waals surface area contributed by atoms with Gasteiger partial charge >= 0.3 is 7.12 Å². The lowest BCUT2D eigenvalue weighted by atomic mass is 9.80. The zero-order valence-electron chi connectivity index (χ0n) is 15.2. The van der Waals surface area contributed by atoms with Crippen LogP contribution < -0.4 is 10.8 Å². The number of carbonyl (C=O) groups excluding carboxylic acids is 1. The molecule has 0 unspecified atom stereocenters. The van der Waals surface area contributed by atoms with Crippen molar-refractivity contribution in [2.45, 2.75) is 45.8 Å². The molecule has 6 nitrogen and oxygen atoms in total. The molecule has 1 aliphatic rings. The Hall–Kier alpha value is -2.25. The van der Waals surface area contributed by atoms with Gasteiger partial charge in [-0.15, -0.1) is 0 Å². The van der Waals surface area contributed by atoms with E-state index >= 15 is 0 Å². The zero-order valence-corrected chi connectivity index (χ0v) is 15.2. The number of aromatic nitrogens is 2. The number of hydrogen-bond acceptors (Lipinski definition) is 5. The Kier molecular flexibility index (Phi) is 4.39. The van der Waals surface area contributed by atoms with Crippen molar-refractivity contribution in [2.75, 3.05) is 5.32 Å². The Morgan fingerprint density at radius 3 is 2.36 bits per heavy atom. The number of anilines is 1. The molecule has 130 valence electrons. The molecule has 25 heavy (non-hydrogen) atoms. The fourth-order valence-electron chi connectivity index (χ4n) is 2.43. The van der Waals surface area contributed by atoms with Crippen LogP contribution in [-0.2, 0) is 9.31 Å². The van der Waals surface area contributed by atoms with Crippen LogP contribution in [0.4, 0.5) is 5.82 Å².